The van der Waals surface area contributed by atoms with Gasteiger partial charge in [0.25, 0.3) is 0 Å². The summed E-state index contributed by atoms with van der Waals surface area (Å²) in [4.78, 5) is 6.97. The fraction of sp³-hybridized carbons (Fsp3) is 0.0526. The summed E-state index contributed by atoms with van der Waals surface area (Å²) in [6.45, 7) is 8.45. The zero-order valence-corrected chi connectivity index (χ0v) is 84.4. The van der Waals surface area contributed by atoms with Gasteiger partial charge in [-0.05, 0) is 220 Å². The van der Waals surface area contributed by atoms with E-state index in [-0.39, 0.29) is 84.2 Å². The summed E-state index contributed by atoms with van der Waals surface area (Å²) in [6.07, 6.45) is 0. The highest BCUT2D eigenvalue weighted by atomic mass is 15.4. The lowest BCUT2D eigenvalue weighted by molar-refractivity contribution is 0.560. The second-order valence-corrected chi connectivity index (χ2v) is 37.4. The lowest BCUT2D eigenvalue weighted by Gasteiger charge is -2.54. The summed E-state index contributed by atoms with van der Waals surface area (Å²) in [7, 11) is 8.41. The second-order valence-electron chi connectivity index (χ2n) is 37.4. The van der Waals surface area contributed by atoms with Gasteiger partial charge in [-0.25, -0.2) is 0 Å². The Morgan fingerprint density at radius 2 is 0.313 bits per heavy atom. The number of nitrogens with zero attached hydrogens (tertiary/aromatic N) is 12. The smallest absolute Gasteiger partial charge is 0.418 e. The van der Waals surface area contributed by atoms with Crippen molar-refractivity contribution in [2.45, 2.75) is 20.5 Å². The minimum atomic E-state index is -0.309. The van der Waals surface area contributed by atoms with E-state index in [9.17, 15) is 0 Å². The van der Waals surface area contributed by atoms with Crippen LogP contribution in [0.3, 0.4) is 0 Å². The lowest BCUT2D eigenvalue weighted by Crippen LogP contribution is -2.84. The molecular weight excluding hydrogens is 1780 g/mol. The molecule has 0 amide bonds. The van der Waals surface area contributed by atoms with Crippen molar-refractivity contribution in [2.75, 3.05) is 63.9 Å². The third-order valence-electron chi connectivity index (χ3n) is 27.9. The van der Waals surface area contributed by atoms with Gasteiger partial charge in [0.15, 0.2) is 0 Å². The Morgan fingerprint density at radius 3 is 0.483 bits per heavy atom. The van der Waals surface area contributed by atoms with Crippen LogP contribution in [0, 0.1) is 0 Å². The molecular formula is C114H117B15N18. The van der Waals surface area contributed by atoms with Gasteiger partial charge in [0.1, 0.15) is 0 Å². The van der Waals surface area contributed by atoms with E-state index in [1.807, 2.05) is 18.2 Å². The van der Waals surface area contributed by atoms with Crippen molar-refractivity contribution in [3.8, 4) is 0 Å². The van der Waals surface area contributed by atoms with Crippen LogP contribution in [0.15, 0.2) is 546 Å². The standard InChI is InChI=1S/C36H33B3N6.2C21H24B3N3.2C18H18B3N3/c1-7-19-31(20-8-1)43(32-21-9-2-10-22-32)37-40-38(44(33-23-11-3-12-24-33)34-25-13-4-14-26-34)42-39(41-37)45(35-27-15-5-16-28-35)36-29-17-6-18-30-36;1-25-22(19-13-7-4-8-14-19)26(2)24(21-17-11-6-12-18-21)27(3)23(25)20-15-9-5-10-16-20;1-22-25(19-13-7-4-8-14-19)23(2)27(21-17-11-6-12-18-21)24(3)26(22)20-15-9-5-10-16-20;1-4-10-16(11-5-1)22-19-23(17-12-6-2-7-13-17)21-24(20-22)18-14-8-3-9-15-18;1-4-10-16(11-5-1)19-22-20(17-12-6-2-7-13-17)24-21(23-19)18-14-8-3-9-15-18/h1-30,40-42H;2*4-18H,1-3H3;1-15,19-21H;1-15,22-24H. The van der Waals surface area contributed by atoms with E-state index in [1.54, 1.807) is 0 Å². The molecule has 18 aromatic carbocycles. The van der Waals surface area contributed by atoms with Crippen molar-refractivity contribution in [1.82, 2.24) is 45.0 Å². The molecule has 147 heavy (non-hydrogen) atoms. The Balaban J connectivity index is 0.000000119. The fourth-order valence-corrected chi connectivity index (χ4v) is 21.2. The van der Waals surface area contributed by atoms with Gasteiger partial charge in [0.2, 0.25) is 0 Å². The number of hydrogen-bond acceptors (Lipinski definition) is 18. The SMILES string of the molecule is B1N(c2ccccc2)BN(c2ccccc2)BN1c1ccccc1.CB1N(c2ccccc2)B(C)N(c2ccccc2)B(C)N1c1ccccc1.CN1B(c2ccccc2)N(C)B(c2ccccc2)N(C)B1c1ccccc1.c1ccc(B2NB(c3ccccc3)NB(c3ccccc3)N2)cc1.c1ccc(N(B2NB(N(c3ccccc3)c3ccccc3)NB(N(c3ccccc3)c3ccccc3)N2)c2ccccc2)cc1. The van der Waals surface area contributed by atoms with Crippen LogP contribution < -0.4 is 106 Å². The van der Waals surface area contributed by atoms with E-state index < -0.39 is 0 Å². The number of rotatable bonds is 21. The summed E-state index contributed by atoms with van der Waals surface area (Å²) >= 11 is 0. The number of hydrogen-bond donors (Lipinski definition) is 6. The topological polar surface area (TPSA) is 111 Å². The van der Waals surface area contributed by atoms with E-state index in [1.165, 1.54) is 66.9 Å². The molecule has 5 saturated heterocycles. The van der Waals surface area contributed by atoms with E-state index in [0.29, 0.717) is 0 Å². The first-order valence-electron chi connectivity index (χ1n) is 51.1. The van der Waals surface area contributed by atoms with Crippen molar-refractivity contribution >= 4 is 208 Å². The molecule has 6 N–H and O–H groups in total. The minimum Gasteiger partial charge on any atom is -0.431 e. The van der Waals surface area contributed by atoms with Gasteiger partial charge >= 0.3 is 107 Å². The zero-order valence-electron chi connectivity index (χ0n) is 84.4. The number of nitrogens with one attached hydrogen (secondary N) is 6. The Morgan fingerprint density at radius 1 is 0.170 bits per heavy atom. The van der Waals surface area contributed by atoms with Gasteiger partial charge in [-0.15, -0.1) is 0 Å². The molecule has 33 heteroatoms. The minimum absolute atomic E-state index is 0.0860. The molecule has 5 aliphatic rings. The highest BCUT2D eigenvalue weighted by Crippen LogP contribution is 2.36. The molecule has 18 aromatic rings. The fourth-order valence-electron chi connectivity index (χ4n) is 21.2. The maximum Gasteiger partial charge on any atom is 0.418 e. The third-order valence-corrected chi connectivity index (χ3v) is 27.9. The van der Waals surface area contributed by atoms with Crippen molar-refractivity contribution in [3.63, 3.8) is 0 Å². The monoisotopic (exact) mass is 1900 g/mol. The lowest BCUT2D eigenvalue weighted by atomic mass is 9.38. The van der Waals surface area contributed by atoms with Crippen molar-refractivity contribution in [2.24, 2.45) is 0 Å². The molecule has 0 aliphatic carbocycles. The molecule has 5 fully saturated rings. The van der Waals surface area contributed by atoms with E-state index in [0.717, 1.165) is 56.8 Å². The van der Waals surface area contributed by atoms with Crippen LogP contribution in [0.1, 0.15) is 0 Å². The van der Waals surface area contributed by atoms with E-state index in [4.69, 9.17) is 0 Å². The van der Waals surface area contributed by atoms with Crippen molar-refractivity contribution < 1.29 is 0 Å². The summed E-state index contributed by atoms with van der Waals surface area (Å²) < 4.78 is 22.1. The van der Waals surface area contributed by atoms with Crippen LogP contribution >= 0.6 is 0 Å². The molecule has 0 aromatic heterocycles. The van der Waals surface area contributed by atoms with Gasteiger partial charge in [-0.3, -0.25) is 0 Å². The third kappa shape index (κ3) is 24.6. The van der Waals surface area contributed by atoms with Crippen LogP contribution in [-0.4, -0.2) is 142 Å². The number of para-hydroxylation sites is 12. The zero-order chi connectivity index (χ0) is 100. The Bertz CT molecular complexity index is 5810. The van der Waals surface area contributed by atoms with Gasteiger partial charge in [0, 0.05) is 68.2 Å². The highest BCUT2D eigenvalue weighted by Gasteiger charge is 2.52. The van der Waals surface area contributed by atoms with Crippen LogP contribution in [-0.2, 0) is 0 Å². The predicted molar refractivity (Wildman–Crippen MR) is 645 cm³/mol. The maximum absolute atomic E-state index is 3.94. The summed E-state index contributed by atoms with van der Waals surface area (Å²) in [5.74, 6) is 0. The van der Waals surface area contributed by atoms with Crippen LogP contribution in [0.5, 0.6) is 0 Å². The average Bonchev–Trinajstić information content (AvgIpc) is 0.747. The first-order chi connectivity index (χ1) is 72.5. The van der Waals surface area contributed by atoms with Gasteiger partial charge < -0.3 is 87.8 Å². The normalized spacial score (nSPS) is 14.4. The highest BCUT2D eigenvalue weighted by molar-refractivity contribution is 7.04. The molecule has 0 radical (unpaired) electrons. The quantitative estimate of drug-likeness (QED) is 0.0384. The molecule has 5 heterocycles. The molecule has 0 spiro atoms. The molecule has 0 bridgehead atoms. The summed E-state index contributed by atoms with van der Waals surface area (Å²) in [5, 5.41) is 22.8. The summed E-state index contributed by atoms with van der Waals surface area (Å²) in [6, 6.07) is 191. The molecule has 708 valence electrons. The number of anilines is 12. The van der Waals surface area contributed by atoms with E-state index in [2.05, 4.69) is 657 Å². The molecule has 0 unspecified atom stereocenters. The van der Waals surface area contributed by atoms with Crippen LogP contribution in [0.25, 0.3) is 0 Å². The van der Waals surface area contributed by atoms with Crippen LogP contribution in [0.2, 0.25) is 20.5 Å². The van der Waals surface area contributed by atoms with Gasteiger partial charge in [-0.2, -0.15) is 0 Å². The molecule has 18 nitrogen and oxygen atoms in total. The molecule has 0 saturated carbocycles. The summed E-state index contributed by atoms with van der Waals surface area (Å²) in [5.41, 5.74) is 21.6. The average molecular weight is 1900 g/mol. The van der Waals surface area contributed by atoms with Gasteiger partial charge in [0.05, 0.1) is 0 Å². The van der Waals surface area contributed by atoms with Crippen molar-refractivity contribution in [3.05, 3.63) is 546 Å². The Kier molecular flexibility index (Phi) is 34.2. The molecule has 23 rings (SSSR count). The van der Waals surface area contributed by atoms with Crippen molar-refractivity contribution in [1.29, 1.82) is 0 Å². The van der Waals surface area contributed by atoms with E-state index >= 15 is 0 Å². The van der Waals surface area contributed by atoms with Crippen LogP contribution in [0.4, 0.5) is 68.2 Å². The largest absolute Gasteiger partial charge is 0.431 e. The predicted octanol–water partition coefficient (Wildman–Crippen LogP) is 15.4. The number of benzene rings is 18. The molecule has 5 aliphatic heterocycles. The first-order valence-corrected chi connectivity index (χ1v) is 51.1. The van der Waals surface area contributed by atoms with Gasteiger partial charge in [-0.1, -0.05) is 400 Å². The molecule has 0 atom stereocenters. The Hall–Kier alpha value is -15.2. The first kappa shape index (κ1) is 100. The second kappa shape index (κ2) is 50.0. The maximum atomic E-state index is 3.94. The Labute approximate surface area is 877 Å².